The summed E-state index contributed by atoms with van der Waals surface area (Å²) in [4.78, 5) is 35.5. The third-order valence-corrected chi connectivity index (χ3v) is 4.76. The summed E-state index contributed by atoms with van der Waals surface area (Å²) in [5.41, 5.74) is -0.762. The molecule has 2 N–H and O–H groups in total. The van der Waals surface area contributed by atoms with Crippen molar-refractivity contribution in [3.63, 3.8) is 0 Å². The van der Waals surface area contributed by atoms with Gasteiger partial charge in [-0.05, 0) is 5.41 Å². The van der Waals surface area contributed by atoms with Crippen LogP contribution >= 0.6 is 0 Å². The molecule has 1 aliphatic heterocycles. The predicted octanol–water partition coefficient (Wildman–Crippen LogP) is -0.156. The fraction of sp³-hybridized carbons (Fsp3) is 0.750. The van der Waals surface area contributed by atoms with Crippen molar-refractivity contribution in [2.45, 2.75) is 26.7 Å². The normalized spacial score (nSPS) is 18.1. The molecule has 1 fully saturated rings. The van der Waals surface area contributed by atoms with Gasteiger partial charge in [-0.3, -0.25) is 14.9 Å². The Balaban J connectivity index is 2.48. The first-order valence-electron chi connectivity index (χ1n) is 6.52. The number of rotatable bonds is 4. The van der Waals surface area contributed by atoms with Crippen LogP contribution in [0.2, 0.25) is 0 Å². The molecule has 0 atom stereocenters. The monoisotopic (exact) mass is 320 g/mol. The van der Waals surface area contributed by atoms with E-state index in [4.69, 9.17) is 5.11 Å². The molecule has 0 bridgehead atoms. The molecular weight excluding hydrogens is 300 g/mol. The Kier molecular flexibility index (Phi) is 5.32. The zero-order valence-electron chi connectivity index (χ0n) is 12.1. The van der Waals surface area contributed by atoms with Crippen molar-refractivity contribution in [1.29, 1.82) is 0 Å². The number of hydrogen-bond acceptors (Lipinski definition) is 5. The average Bonchev–Trinajstić information content (AvgIpc) is 2.25. The molecule has 0 aromatic rings. The van der Waals surface area contributed by atoms with Crippen LogP contribution in [0.4, 0.5) is 4.79 Å². The first-order chi connectivity index (χ1) is 9.51. The molecule has 0 spiro atoms. The summed E-state index contributed by atoms with van der Waals surface area (Å²) in [6, 6.07) is -0.638. The summed E-state index contributed by atoms with van der Waals surface area (Å²) >= 11 is 0. The van der Waals surface area contributed by atoms with E-state index in [1.54, 1.807) is 13.8 Å². The Morgan fingerprint density at radius 2 is 1.67 bits per heavy atom. The van der Waals surface area contributed by atoms with Gasteiger partial charge in [0.15, 0.2) is 9.84 Å². The smallest absolute Gasteiger partial charge is 0.324 e. The van der Waals surface area contributed by atoms with E-state index in [-0.39, 0.29) is 37.4 Å². The van der Waals surface area contributed by atoms with Gasteiger partial charge in [-0.25, -0.2) is 13.2 Å². The fourth-order valence-electron chi connectivity index (χ4n) is 2.06. The summed E-state index contributed by atoms with van der Waals surface area (Å²) in [6.45, 7) is 3.36. The molecule has 1 rings (SSSR count). The van der Waals surface area contributed by atoms with Gasteiger partial charge >= 0.3 is 12.0 Å². The van der Waals surface area contributed by atoms with Gasteiger partial charge in [-0.2, -0.15) is 0 Å². The van der Waals surface area contributed by atoms with E-state index >= 15 is 0 Å². The van der Waals surface area contributed by atoms with Gasteiger partial charge in [0.1, 0.15) is 0 Å². The van der Waals surface area contributed by atoms with Crippen molar-refractivity contribution in [2.75, 3.05) is 24.6 Å². The summed E-state index contributed by atoms with van der Waals surface area (Å²) in [5.74, 6) is -1.81. The van der Waals surface area contributed by atoms with E-state index in [0.717, 1.165) is 0 Å². The van der Waals surface area contributed by atoms with E-state index in [1.807, 2.05) is 0 Å². The molecule has 0 aromatic heterocycles. The molecule has 0 aliphatic carbocycles. The molecule has 3 amide bonds. The minimum absolute atomic E-state index is 0.0555. The second-order valence-corrected chi connectivity index (χ2v) is 8.21. The van der Waals surface area contributed by atoms with Crippen LogP contribution in [0.3, 0.4) is 0 Å². The number of sulfone groups is 1. The standard InChI is InChI=1S/C12H20N2O6S/c1-12(2,8-10(16)17)7-9(15)13-11(18)14-3-5-21(19,20)6-4-14/h3-8H2,1-2H3,(H,16,17)(H,13,15,18). The largest absolute Gasteiger partial charge is 0.481 e. The predicted molar refractivity (Wildman–Crippen MR) is 74.4 cm³/mol. The van der Waals surface area contributed by atoms with E-state index in [0.29, 0.717) is 0 Å². The number of amides is 3. The zero-order chi connectivity index (χ0) is 16.3. The summed E-state index contributed by atoms with van der Waals surface area (Å²) in [6.07, 6.45) is -0.284. The van der Waals surface area contributed by atoms with Crippen molar-refractivity contribution >= 4 is 27.7 Å². The maximum atomic E-state index is 11.8. The lowest BCUT2D eigenvalue weighted by atomic mass is 9.85. The van der Waals surface area contributed by atoms with Crippen molar-refractivity contribution in [3.05, 3.63) is 0 Å². The first kappa shape index (κ1) is 17.4. The Labute approximate surface area is 123 Å². The van der Waals surface area contributed by atoms with Gasteiger partial charge in [0.05, 0.1) is 17.9 Å². The number of urea groups is 1. The summed E-state index contributed by atoms with van der Waals surface area (Å²) in [5, 5.41) is 10.9. The van der Waals surface area contributed by atoms with Crippen molar-refractivity contribution in [3.8, 4) is 0 Å². The highest BCUT2D eigenvalue weighted by molar-refractivity contribution is 7.91. The van der Waals surface area contributed by atoms with Gasteiger partial charge in [-0.1, -0.05) is 13.8 Å². The Hall–Kier alpha value is -1.64. The Morgan fingerprint density at radius 1 is 1.14 bits per heavy atom. The molecule has 0 radical (unpaired) electrons. The fourth-order valence-corrected chi connectivity index (χ4v) is 3.27. The molecule has 21 heavy (non-hydrogen) atoms. The van der Waals surface area contributed by atoms with Gasteiger partial charge in [0, 0.05) is 19.5 Å². The number of carbonyl (C=O) groups is 3. The lowest BCUT2D eigenvalue weighted by Crippen LogP contribution is -2.50. The van der Waals surface area contributed by atoms with Crippen molar-refractivity contribution in [2.24, 2.45) is 5.41 Å². The second kappa shape index (κ2) is 6.42. The van der Waals surface area contributed by atoms with Gasteiger partial charge in [-0.15, -0.1) is 0 Å². The SMILES string of the molecule is CC(C)(CC(=O)O)CC(=O)NC(=O)N1CCS(=O)(=O)CC1. The number of carbonyl (C=O) groups excluding carboxylic acids is 2. The van der Waals surface area contributed by atoms with Crippen LogP contribution in [-0.4, -0.2) is 60.9 Å². The highest BCUT2D eigenvalue weighted by Gasteiger charge is 2.29. The highest BCUT2D eigenvalue weighted by atomic mass is 32.2. The molecule has 1 heterocycles. The van der Waals surface area contributed by atoms with Crippen LogP contribution in [0.15, 0.2) is 0 Å². The third kappa shape index (κ3) is 6.11. The van der Waals surface area contributed by atoms with Crippen LogP contribution in [0.5, 0.6) is 0 Å². The minimum atomic E-state index is -3.09. The molecule has 120 valence electrons. The van der Waals surface area contributed by atoms with E-state index < -0.39 is 33.2 Å². The van der Waals surface area contributed by atoms with Crippen LogP contribution in [0.1, 0.15) is 26.7 Å². The summed E-state index contributed by atoms with van der Waals surface area (Å²) < 4.78 is 22.5. The number of nitrogens with one attached hydrogen (secondary N) is 1. The summed E-state index contributed by atoms with van der Waals surface area (Å²) in [7, 11) is -3.09. The molecule has 8 nitrogen and oxygen atoms in total. The Morgan fingerprint density at radius 3 is 2.14 bits per heavy atom. The number of aliphatic carboxylic acids is 1. The molecule has 9 heteroatoms. The van der Waals surface area contributed by atoms with Crippen LogP contribution in [0, 0.1) is 5.41 Å². The zero-order valence-corrected chi connectivity index (χ0v) is 12.9. The van der Waals surface area contributed by atoms with E-state index in [2.05, 4.69) is 5.32 Å². The highest BCUT2D eigenvalue weighted by Crippen LogP contribution is 2.24. The second-order valence-electron chi connectivity index (χ2n) is 5.90. The van der Waals surface area contributed by atoms with Crippen molar-refractivity contribution < 1.29 is 27.9 Å². The number of carboxylic acid groups (broad SMARTS) is 1. The van der Waals surface area contributed by atoms with Gasteiger partial charge < -0.3 is 10.0 Å². The van der Waals surface area contributed by atoms with Gasteiger partial charge in [0.25, 0.3) is 0 Å². The van der Waals surface area contributed by atoms with Gasteiger partial charge in [0.2, 0.25) is 5.91 Å². The first-order valence-corrected chi connectivity index (χ1v) is 8.34. The number of hydrogen-bond donors (Lipinski definition) is 2. The average molecular weight is 320 g/mol. The van der Waals surface area contributed by atoms with Crippen LogP contribution in [0.25, 0.3) is 0 Å². The maximum absolute atomic E-state index is 11.8. The minimum Gasteiger partial charge on any atom is -0.481 e. The van der Waals surface area contributed by atoms with Crippen molar-refractivity contribution in [1.82, 2.24) is 10.2 Å². The number of nitrogens with zero attached hydrogens (tertiary/aromatic N) is 1. The molecule has 1 saturated heterocycles. The number of carboxylic acids is 1. The molecule has 1 aliphatic rings. The Bertz CT molecular complexity index is 526. The molecular formula is C12H20N2O6S. The molecule has 0 aromatic carbocycles. The lowest BCUT2D eigenvalue weighted by molar-refractivity contribution is -0.139. The molecule has 0 unspecified atom stereocenters. The van der Waals surface area contributed by atoms with Crippen LogP contribution in [-0.2, 0) is 19.4 Å². The molecule has 0 saturated carbocycles. The topological polar surface area (TPSA) is 121 Å². The maximum Gasteiger partial charge on any atom is 0.324 e. The van der Waals surface area contributed by atoms with E-state index in [9.17, 15) is 22.8 Å². The van der Waals surface area contributed by atoms with Crippen LogP contribution < -0.4 is 5.32 Å². The number of imide groups is 1. The third-order valence-electron chi connectivity index (χ3n) is 3.15. The lowest BCUT2D eigenvalue weighted by Gasteiger charge is -2.27. The quantitative estimate of drug-likeness (QED) is 0.742. The van der Waals surface area contributed by atoms with E-state index in [1.165, 1.54) is 4.90 Å².